The van der Waals surface area contributed by atoms with Crippen molar-refractivity contribution >= 4 is 17.3 Å². The van der Waals surface area contributed by atoms with Crippen molar-refractivity contribution in [3.05, 3.63) is 16.6 Å². The maximum atomic E-state index is 11.1. The molecule has 2 unspecified atom stereocenters. The zero-order chi connectivity index (χ0) is 12.1. The molecule has 1 heterocycles. The molecular weight excluding hydrogens is 236 g/mol. The molecule has 2 rings (SSSR count). The number of hydrogen-bond acceptors (Lipinski definition) is 4. The van der Waals surface area contributed by atoms with Crippen molar-refractivity contribution in [1.82, 2.24) is 10.3 Å². The summed E-state index contributed by atoms with van der Waals surface area (Å²) in [7, 11) is 0. The lowest BCUT2D eigenvalue weighted by molar-refractivity contribution is -0.144. The van der Waals surface area contributed by atoms with Gasteiger partial charge in [0.1, 0.15) is 5.01 Å². The summed E-state index contributed by atoms with van der Waals surface area (Å²) in [6.07, 6.45) is 5.87. The number of carboxylic acid groups (broad SMARTS) is 1. The molecule has 1 aromatic heterocycles. The molecule has 0 bridgehead atoms. The molecule has 0 amide bonds. The van der Waals surface area contributed by atoms with Crippen LogP contribution in [0.3, 0.4) is 0 Å². The summed E-state index contributed by atoms with van der Waals surface area (Å²) in [5.41, 5.74) is 0. The van der Waals surface area contributed by atoms with Gasteiger partial charge in [-0.3, -0.25) is 4.79 Å². The highest BCUT2D eigenvalue weighted by Gasteiger charge is 2.30. The fraction of sp³-hybridized carbons (Fsp3) is 0.667. The Morgan fingerprint density at radius 1 is 1.53 bits per heavy atom. The number of rotatable bonds is 5. The molecule has 0 saturated heterocycles. The molecule has 1 fully saturated rings. The van der Waals surface area contributed by atoms with Gasteiger partial charge >= 0.3 is 5.97 Å². The van der Waals surface area contributed by atoms with Crippen LogP contribution in [0.15, 0.2) is 11.6 Å². The lowest BCUT2D eigenvalue weighted by Crippen LogP contribution is -2.34. The fourth-order valence-electron chi connectivity index (χ4n) is 2.48. The lowest BCUT2D eigenvalue weighted by Gasteiger charge is -2.28. The van der Waals surface area contributed by atoms with E-state index in [1.165, 1.54) is 0 Å². The predicted molar refractivity (Wildman–Crippen MR) is 66.9 cm³/mol. The first-order valence-corrected chi connectivity index (χ1v) is 6.97. The average molecular weight is 254 g/mol. The Kier molecular flexibility index (Phi) is 4.50. The number of hydrogen-bond donors (Lipinski definition) is 2. The van der Waals surface area contributed by atoms with E-state index in [1.807, 2.05) is 5.38 Å². The second-order valence-corrected chi connectivity index (χ2v) is 5.53. The first kappa shape index (κ1) is 12.5. The third kappa shape index (κ3) is 3.51. The molecule has 0 aliphatic heterocycles. The van der Waals surface area contributed by atoms with E-state index in [0.717, 1.165) is 43.8 Å². The number of aliphatic carboxylic acids is 1. The Balaban J connectivity index is 1.78. The van der Waals surface area contributed by atoms with E-state index in [9.17, 15) is 4.79 Å². The van der Waals surface area contributed by atoms with Crippen molar-refractivity contribution in [1.29, 1.82) is 0 Å². The number of thiazole rings is 1. The predicted octanol–water partition coefficient (Wildman–Crippen LogP) is 2.12. The Morgan fingerprint density at radius 3 is 3.06 bits per heavy atom. The molecule has 5 heteroatoms. The third-order valence-corrected chi connectivity index (χ3v) is 4.17. The number of carbonyl (C=O) groups is 1. The lowest BCUT2D eigenvalue weighted by atomic mass is 9.79. The summed E-state index contributed by atoms with van der Waals surface area (Å²) in [5.74, 6) is -0.514. The van der Waals surface area contributed by atoms with E-state index in [2.05, 4.69) is 10.3 Å². The van der Waals surface area contributed by atoms with Crippen LogP contribution in [0.1, 0.15) is 30.7 Å². The summed E-state index contributed by atoms with van der Waals surface area (Å²) < 4.78 is 0. The van der Waals surface area contributed by atoms with E-state index in [1.54, 1.807) is 17.5 Å². The van der Waals surface area contributed by atoms with Crippen molar-refractivity contribution in [3.63, 3.8) is 0 Å². The second kappa shape index (κ2) is 6.12. The van der Waals surface area contributed by atoms with Gasteiger partial charge in [-0.25, -0.2) is 4.98 Å². The van der Waals surface area contributed by atoms with Gasteiger partial charge in [-0.2, -0.15) is 0 Å². The topological polar surface area (TPSA) is 62.2 Å². The summed E-state index contributed by atoms with van der Waals surface area (Å²) in [6, 6.07) is 0. The monoisotopic (exact) mass is 254 g/mol. The average Bonchev–Trinajstić information content (AvgIpc) is 2.82. The van der Waals surface area contributed by atoms with Gasteiger partial charge in [0, 0.05) is 18.1 Å². The van der Waals surface area contributed by atoms with Crippen LogP contribution in [0.25, 0.3) is 0 Å². The van der Waals surface area contributed by atoms with E-state index < -0.39 is 5.97 Å². The SMILES string of the molecule is O=C(O)C1CCCCC1CNCc1nccs1. The molecule has 17 heavy (non-hydrogen) atoms. The number of nitrogens with one attached hydrogen (secondary N) is 1. The molecule has 0 radical (unpaired) electrons. The van der Waals surface area contributed by atoms with Crippen molar-refractivity contribution in [2.24, 2.45) is 11.8 Å². The first-order valence-electron chi connectivity index (χ1n) is 6.09. The van der Waals surface area contributed by atoms with E-state index in [-0.39, 0.29) is 11.8 Å². The highest BCUT2D eigenvalue weighted by atomic mass is 32.1. The van der Waals surface area contributed by atoms with Crippen LogP contribution < -0.4 is 5.32 Å². The maximum absolute atomic E-state index is 11.1. The van der Waals surface area contributed by atoms with Crippen LogP contribution in [0, 0.1) is 11.8 Å². The minimum absolute atomic E-state index is 0.160. The molecule has 2 atom stereocenters. The Morgan fingerprint density at radius 2 is 2.35 bits per heavy atom. The van der Waals surface area contributed by atoms with Gasteiger partial charge in [-0.1, -0.05) is 12.8 Å². The number of nitrogens with zero attached hydrogens (tertiary/aromatic N) is 1. The minimum Gasteiger partial charge on any atom is -0.481 e. The molecular formula is C12H18N2O2S. The standard InChI is InChI=1S/C12H18N2O2S/c15-12(16)10-4-2-1-3-9(10)7-13-8-11-14-5-6-17-11/h5-6,9-10,13H,1-4,7-8H2,(H,15,16). The Bertz CT molecular complexity index is 353. The van der Waals surface area contributed by atoms with Gasteiger partial charge in [0.15, 0.2) is 0 Å². The van der Waals surface area contributed by atoms with Crippen LogP contribution in [-0.4, -0.2) is 22.6 Å². The largest absolute Gasteiger partial charge is 0.481 e. The molecule has 0 aromatic carbocycles. The summed E-state index contributed by atoms with van der Waals surface area (Å²) >= 11 is 1.63. The summed E-state index contributed by atoms with van der Waals surface area (Å²) in [5, 5.41) is 15.5. The zero-order valence-corrected chi connectivity index (χ0v) is 10.6. The van der Waals surface area contributed by atoms with Crippen molar-refractivity contribution in [2.75, 3.05) is 6.54 Å². The van der Waals surface area contributed by atoms with E-state index >= 15 is 0 Å². The molecule has 4 nitrogen and oxygen atoms in total. The second-order valence-electron chi connectivity index (χ2n) is 4.55. The Hall–Kier alpha value is -0.940. The van der Waals surface area contributed by atoms with E-state index in [4.69, 9.17) is 5.11 Å². The first-order chi connectivity index (χ1) is 8.27. The fourth-order valence-corrected chi connectivity index (χ4v) is 3.07. The Labute approximate surface area is 105 Å². The van der Waals surface area contributed by atoms with Gasteiger partial charge < -0.3 is 10.4 Å². The van der Waals surface area contributed by atoms with Gasteiger partial charge in [-0.15, -0.1) is 11.3 Å². The highest BCUT2D eigenvalue weighted by molar-refractivity contribution is 7.09. The van der Waals surface area contributed by atoms with Crippen molar-refractivity contribution in [2.45, 2.75) is 32.2 Å². The zero-order valence-electron chi connectivity index (χ0n) is 9.76. The molecule has 1 saturated carbocycles. The van der Waals surface area contributed by atoms with Crippen LogP contribution in [-0.2, 0) is 11.3 Å². The smallest absolute Gasteiger partial charge is 0.306 e. The molecule has 1 aromatic rings. The van der Waals surface area contributed by atoms with E-state index in [0.29, 0.717) is 0 Å². The van der Waals surface area contributed by atoms with Gasteiger partial charge in [-0.05, 0) is 25.3 Å². The van der Waals surface area contributed by atoms with Crippen LogP contribution in [0.5, 0.6) is 0 Å². The molecule has 1 aliphatic rings. The molecule has 1 aliphatic carbocycles. The van der Waals surface area contributed by atoms with Crippen LogP contribution in [0.4, 0.5) is 0 Å². The van der Waals surface area contributed by atoms with Crippen molar-refractivity contribution in [3.8, 4) is 0 Å². The van der Waals surface area contributed by atoms with Crippen molar-refractivity contribution < 1.29 is 9.90 Å². The van der Waals surface area contributed by atoms with Crippen LogP contribution >= 0.6 is 11.3 Å². The molecule has 0 spiro atoms. The normalized spacial score (nSPS) is 24.7. The van der Waals surface area contributed by atoms with Gasteiger partial charge in [0.25, 0.3) is 0 Å². The number of carboxylic acids is 1. The summed E-state index contributed by atoms with van der Waals surface area (Å²) in [4.78, 5) is 15.3. The molecule has 2 N–H and O–H groups in total. The summed E-state index contributed by atoms with van der Waals surface area (Å²) in [6.45, 7) is 1.54. The van der Waals surface area contributed by atoms with Crippen LogP contribution in [0.2, 0.25) is 0 Å². The minimum atomic E-state index is -0.634. The quantitative estimate of drug-likeness (QED) is 0.845. The van der Waals surface area contributed by atoms with Gasteiger partial charge in [0.05, 0.1) is 5.92 Å². The molecule has 94 valence electrons. The maximum Gasteiger partial charge on any atom is 0.306 e. The third-order valence-electron chi connectivity index (χ3n) is 3.39. The van der Waals surface area contributed by atoms with Gasteiger partial charge in [0.2, 0.25) is 0 Å². The number of aromatic nitrogens is 1. The highest BCUT2D eigenvalue weighted by Crippen LogP contribution is 2.29.